The lowest BCUT2D eigenvalue weighted by molar-refractivity contribution is -0.137. The molecule has 0 aliphatic carbocycles. The van der Waals surface area contributed by atoms with Crippen molar-refractivity contribution in [1.29, 1.82) is 5.26 Å². The highest BCUT2D eigenvalue weighted by molar-refractivity contribution is 5.98. The largest absolute Gasteiger partial charge is 0.463 e. The zero-order valence-corrected chi connectivity index (χ0v) is 13.2. The number of hydrogen-bond acceptors (Lipinski definition) is 3. The Balaban J connectivity index is 2.12. The standard InChI is InChI=1S/C20H16N2O2/c1-2-24-20(23)11-18(14-6-4-3-5-7-14)15-8-9-17-16(12-21)13-22-19(17)10-15/h3-11,13,22H,2H2,1H3/b18-11+. The van der Waals surface area contributed by atoms with E-state index in [9.17, 15) is 4.79 Å². The van der Waals surface area contributed by atoms with E-state index in [1.807, 2.05) is 48.5 Å². The van der Waals surface area contributed by atoms with Gasteiger partial charge in [0.15, 0.2) is 0 Å². The third-order valence-electron chi connectivity index (χ3n) is 3.75. The number of hydrogen-bond donors (Lipinski definition) is 1. The number of nitriles is 1. The summed E-state index contributed by atoms with van der Waals surface area (Å²) in [5.41, 5.74) is 4.05. The molecule has 24 heavy (non-hydrogen) atoms. The van der Waals surface area contributed by atoms with Crippen molar-refractivity contribution in [2.45, 2.75) is 6.92 Å². The Morgan fingerprint density at radius 1 is 1.21 bits per heavy atom. The summed E-state index contributed by atoms with van der Waals surface area (Å²) in [6, 6.07) is 17.6. The van der Waals surface area contributed by atoms with Gasteiger partial charge in [0, 0.05) is 23.2 Å². The fourth-order valence-corrected chi connectivity index (χ4v) is 2.64. The highest BCUT2D eigenvalue weighted by Gasteiger charge is 2.11. The fraction of sp³-hybridized carbons (Fsp3) is 0.100. The quantitative estimate of drug-likeness (QED) is 0.583. The van der Waals surface area contributed by atoms with Crippen LogP contribution in [-0.2, 0) is 9.53 Å². The number of ether oxygens (including phenoxy) is 1. The predicted molar refractivity (Wildman–Crippen MR) is 93.2 cm³/mol. The van der Waals surface area contributed by atoms with Gasteiger partial charge in [-0.1, -0.05) is 42.5 Å². The number of aromatic amines is 1. The molecule has 1 heterocycles. The maximum Gasteiger partial charge on any atom is 0.331 e. The van der Waals surface area contributed by atoms with Crippen molar-refractivity contribution in [1.82, 2.24) is 4.98 Å². The molecular weight excluding hydrogens is 300 g/mol. The Kier molecular flexibility index (Phi) is 4.44. The second kappa shape index (κ2) is 6.84. The lowest BCUT2D eigenvalue weighted by atomic mass is 9.96. The van der Waals surface area contributed by atoms with Crippen LogP contribution in [0.4, 0.5) is 0 Å². The number of carbonyl (C=O) groups excluding carboxylic acids is 1. The van der Waals surface area contributed by atoms with Gasteiger partial charge in [0.2, 0.25) is 0 Å². The Bertz CT molecular complexity index is 947. The van der Waals surface area contributed by atoms with Gasteiger partial charge in [0.05, 0.1) is 12.2 Å². The second-order valence-corrected chi connectivity index (χ2v) is 5.25. The molecule has 118 valence electrons. The first-order valence-electron chi connectivity index (χ1n) is 7.68. The first kappa shape index (κ1) is 15.6. The van der Waals surface area contributed by atoms with E-state index in [0.29, 0.717) is 12.2 Å². The normalized spacial score (nSPS) is 11.2. The molecule has 2 aromatic carbocycles. The van der Waals surface area contributed by atoms with E-state index in [2.05, 4.69) is 11.1 Å². The van der Waals surface area contributed by atoms with Gasteiger partial charge in [-0.05, 0) is 29.7 Å². The molecule has 0 bridgehead atoms. The maximum absolute atomic E-state index is 12.0. The lowest BCUT2D eigenvalue weighted by Crippen LogP contribution is -2.01. The average Bonchev–Trinajstić information content (AvgIpc) is 3.03. The van der Waals surface area contributed by atoms with E-state index in [0.717, 1.165) is 27.6 Å². The maximum atomic E-state index is 12.0. The van der Waals surface area contributed by atoms with Crippen LogP contribution >= 0.6 is 0 Å². The molecule has 1 N–H and O–H groups in total. The van der Waals surface area contributed by atoms with Gasteiger partial charge in [0.1, 0.15) is 6.07 Å². The molecule has 0 fully saturated rings. The molecule has 0 spiro atoms. The van der Waals surface area contributed by atoms with Gasteiger partial charge in [-0.15, -0.1) is 0 Å². The van der Waals surface area contributed by atoms with Gasteiger partial charge in [0.25, 0.3) is 0 Å². The van der Waals surface area contributed by atoms with Crippen LogP contribution in [0.25, 0.3) is 16.5 Å². The second-order valence-electron chi connectivity index (χ2n) is 5.25. The highest BCUT2D eigenvalue weighted by atomic mass is 16.5. The number of carbonyl (C=O) groups is 1. The van der Waals surface area contributed by atoms with Crippen molar-refractivity contribution in [3.63, 3.8) is 0 Å². The number of fused-ring (bicyclic) bond motifs is 1. The molecule has 0 saturated carbocycles. The summed E-state index contributed by atoms with van der Waals surface area (Å²) in [5.74, 6) is -0.374. The molecule has 0 saturated heterocycles. The number of nitrogens with one attached hydrogen (secondary N) is 1. The first-order valence-corrected chi connectivity index (χ1v) is 7.68. The fourth-order valence-electron chi connectivity index (χ4n) is 2.64. The van der Waals surface area contributed by atoms with Gasteiger partial charge >= 0.3 is 5.97 Å². The Labute approximate surface area is 140 Å². The number of benzene rings is 2. The SMILES string of the molecule is CCOC(=O)/C=C(\c1ccccc1)c1ccc2c(C#N)c[nH]c2c1. The monoisotopic (exact) mass is 316 g/mol. The highest BCUT2D eigenvalue weighted by Crippen LogP contribution is 2.27. The van der Waals surface area contributed by atoms with Crippen molar-refractivity contribution in [2.24, 2.45) is 0 Å². The van der Waals surface area contributed by atoms with Crippen molar-refractivity contribution < 1.29 is 9.53 Å². The minimum atomic E-state index is -0.374. The molecule has 0 unspecified atom stereocenters. The minimum Gasteiger partial charge on any atom is -0.463 e. The molecule has 0 aliphatic rings. The zero-order valence-electron chi connectivity index (χ0n) is 13.2. The number of aromatic nitrogens is 1. The van der Waals surface area contributed by atoms with E-state index in [-0.39, 0.29) is 5.97 Å². The van der Waals surface area contributed by atoms with Crippen molar-refractivity contribution in [3.05, 3.63) is 77.5 Å². The molecule has 1 aromatic heterocycles. The van der Waals surface area contributed by atoms with Crippen LogP contribution in [-0.4, -0.2) is 17.6 Å². The topological polar surface area (TPSA) is 65.9 Å². The predicted octanol–water partition coefficient (Wildman–Crippen LogP) is 4.03. The average molecular weight is 316 g/mol. The molecule has 0 amide bonds. The number of nitrogens with zero attached hydrogens (tertiary/aromatic N) is 1. The summed E-state index contributed by atoms with van der Waals surface area (Å²) >= 11 is 0. The number of rotatable bonds is 4. The van der Waals surface area contributed by atoms with Gasteiger partial charge in [-0.2, -0.15) is 5.26 Å². The van der Waals surface area contributed by atoms with E-state index >= 15 is 0 Å². The van der Waals surface area contributed by atoms with E-state index in [1.165, 1.54) is 6.08 Å². The zero-order chi connectivity index (χ0) is 16.9. The van der Waals surface area contributed by atoms with Crippen LogP contribution in [0.2, 0.25) is 0 Å². The molecule has 0 radical (unpaired) electrons. The van der Waals surface area contributed by atoms with E-state index in [1.54, 1.807) is 13.1 Å². The van der Waals surface area contributed by atoms with E-state index in [4.69, 9.17) is 10.00 Å². The smallest absolute Gasteiger partial charge is 0.331 e. The van der Waals surface area contributed by atoms with E-state index < -0.39 is 0 Å². The molecule has 4 nitrogen and oxygen atoms in total. The lowest BCUT2D eigenvalue weighted by Gasteiger charge is -2.09. The Morgan fingerprint density at radius 3 is 2.71 bits per heavy atom. The molecule has 0 atom stereocenters. The number of esters is 1. The van der Waals surface area contributed by atoms with Gasteiger partial charge in [-0.3, -0.25) is 0 Å². The Morgan fingerprint density at radius 2 is 2.00 bits per heavy atom. The third kappa shape index (κ3) is 3.06. The summed E-state index contributed by atoms with van der Waals surface area (Å²) in [4.78, 5) is 15.1. The van der Waals surface area contributed by atoms with Gasteiger partial charge in [-0.25, -0.2) is 4.79 Å². The third-order valence-corrected chi connectivity index (χ3v) is 3.75. The van der Waals surface area contributed by atoms with Crippen LogP contribution in [0.15, 0.2) is 60.8 Å². The van der Waals surface area contributed by atoms with Crippen molar-refractivity contribution >= 4 is 22.4 Å². The van der Waals surface area contributed by atoms with Crippen LogP contribution in [0.5, 0.6) is 0 Å². The van der Waals surface area contributed by atoms with Crippen LogP contribution in [0.1, 0.15) is 23.6 Å². The van der Waals surface area contributed by atoms with Crippen molar-refractivity contribution in [2.75, 3.05) is 6.61 Å². The summed E-state index contributed by atoms with van der Waals surface area (Å²) in [6.45, 7) is 2.11. The molecule has 4 heteroatoms. The van der Waals surface area contributed by atoms with Crippen molar-refractivity contribution in [3.8, 4) is 6.07 Å². The molecular formula is C20H16N2O2. The first-order chi connectivity index (χ1) is 11.7. The summed E-state index contributed by atoms with van der Waals surface area (Å²) in [6.07, 6.45) is 3.19. The van der Waals surface area contributed by atoms with Gasteiger partial charge < -0.3 is 9.72 Å². The summed E-state index contributed by atoms with van der Waals surface area (Å²) in [7, 11) is 0. The molecule has 0 aliphatic heterocycles. The van der Waals surface area contributed by atoms with Crippen LogP contribution in [0.3, 0.4) is 0 Å². The Hall–Kier alpha value is -3.32. The summed E-state index contributed by atoms with van der Waals surface area (Å²) < 4.78 is 5.06. The van der Waals surface area contributed by atoms with Crippen LogP contribution < -0.4 is 0 Å². The minimum absolute atomic E-state index is 0.332. The number of H-pyrrole nitrogens is 1. The summed E-state index contributed by atoms with van der Waals surface area (Å²) in [5, 5.41) is 9.98. The van der Waals surface area contributed by atoms with Crippen LogP contribution in [0, 0.1) is 11.3 Å². The molecule has 3 rings (SSSR count). The molecule has 3 aromatic rings.